The Hall–Kier alpha value is -2.87. The Morgan fingerprint density at radius 1 is 0.900 bits per heavy atom. The molecule has 0 aromatic rings. The van der Waals surface area contributed by atoms with Crippen LogP contribution in [-0.4, -0.2) is 82.0 Å². The number of hydrogen-bond donors (Lipinski definition) is 7. The van der Waals surface area contributed by atoms with Gasteiger partial charge in [0.25, 0.3) is 0 Å². The number of nitrogens with one attached hydrogen (secondary N) is 3. The number of aliphatic carboxylic acids is 2. The lowest BCUT2D eigenvalue weighted by molar-refractivity contribution is -0.147. The summed E-state index contributed by atoms with van der Waals surface area (Å²) in [6.45, 7) is 1.32. The van der Waals surface area contributed by atoms with Crippen LogP contribution in [-0.2, 0) is 28.8 Å². The van der Waals surface area contributed by atoms with E-state index in [9.17, 15) is 28.8 Å². The number of hydrogen-bond acceptors (Lipinski definition) is 8. The second kappa shape index (κ2) is 13.4. The molecule has 0 aliphatic carbocycles. The van der Waals surface area contributed by atoms with Gasteiger partial charge in [0.05, 0.1) is 18.9 Å². The summed E-state index contributed by atoms with van der Waals surface area (Å²) in [5.74, 6) is -5.76. The number of nitrogens with two attached hydrogens (primary N) is 2. The van der Waals surface area contributed by atoms with E-state index >= 15 is 0 Å². The molecule has 0 spiro atoms. The number of thioether (sulfide) groups is 1. The van der Waals surface area contributed by atoms with Crippen LogP contribution in [0.2, 0.25) is 0 Å². The molecule has 13 nitrogen and oxygen atoms in total. The van der Waals surface area contributed by atoms with E-state index in [-0.39, 0.29) is 6.42 Å². The fraction of sp³-hybridized carbons (Fsp3) is 0.625. The molecule has 4 unspecified atom stereocenters. The molecule has 0 bridgehead atoms. The van der Waals surface area contributed by atoms with Gasteiger partial charge in [-0.15, -0.1) is 0 Å². The van der Waals surface area contributed by atoms with Gasteiger partial charge < -0.3 is 37.6 Å². The fourth-order valence-electron chi connectivity index (χ4n) is 2.14. The van der Waals surface area contributed by atoms with Crippen LogP contribution in [0.15, 0.2) is 0 Å². The smallest absolute Gasteiger partial charge is 0.326 e. The summed E-state index contributed by atoms with van der Waals surface area (Å²) in [6, 6.07) is -5.22. The highest BCUT2D eigenvalue weighted by atomic mass is 32.2. The second-order valence-electron chi connectivity index (χ2n) is 6.35. The molecule has 170 valence electrons. The van der Waals surface area contributed by atoms with Crippen molar-refractivity contribution in [3.63, 3.8) is 0 Å². The van der Waals surface area contributed by atoms with Crippen LogP contribution in [0.4, 0.5) is 0 Å². The standard InChI is InChI=1S/C16H27N5O8S/c1-7(19-14(26)8(17)5-11(18)22)13(25)20-9(3-4-30-2)15(27)21-10(16(28)29)6-12(23)24/h7-10H,3-6,17H2,1-2H3,(H2,18,22)(H,19,26)(H,20,25)(H,21,27)(H,23,24)(H,28,29). The van der Waals surface area contributed by atoms with E-state index in [1.807, 2.05) is 0 Å². The molecule has 9 N–H and O–H groups in total. The third-order valence-corrected chi connectivity index (χ3v) is 4.39. The first-order valence-electron chi connectivity index (χ1n) is 8.77. The largest absolute Gasteiger partial charge is 0.481 e. The number of rotatable bonds is 14. The summed E-state index contributed by atoms with van der Waals surface area (Å²) >= 11 is 1.37. The van der Waals surface area contributed by atoms with E-state index < -0.39 is 72.6 Å². The van der Waals surface area contributed by atoms with Crippen LogP contribution in [0.1, 0.15) is 26.2 Å². The number of carboxylic acid groups (broad SMARTS) is 2. The Bertz CT molecular complexity index is 674. The zero-order valence-corrected chi connectivity index (χ0v) is 17.4. The molecule has 0 aliphatic heterocycles. The quantitative estimate of drug-likeness (QED) is 0.142. The Labute approximate surface area is 176 Å². The third kappa shape index (κ3) is 10.6. The molecule has 0 aromatic carbocycles. The average Bonchev–Trinajstić information content (AvgIpc) is 2.62. The van der Waals surface area contributed by atoms with E-state index in [4.69, 9.17) is 21.7 Å². The van der Waals surface area contributed by atoms with Crippen LogP contribution in [0, 0.1) is 0 Å². The van der Waals surface area contributed by atoms with Crippen molar-refractivity contribution in [2.24, 2.45) is 11.5 Å². The lowest BCUT2D eigenvalue weighted by Gasteiger charge is -2.23. The highest BCUT2D eigenvalue weighted by molar-refractivity contribution is 7.98. The monoisotopic (exact) mass is 449 g/mol. The van der Waals surface area contributed by atoms with Crippen molar-refractivity contribution in [3.8, 4) is 0 Å². The Kier molecular flexibility index (Phi) is 12.1. The van der Waals surface area contributed by atoms with Gasteiger partial charge in [0.2, 0.25) is 23.6 Å². The maximum Gasteiger partial charge on any atom is 0.326 e. The van der Waals surface area contributed by atoms with Gasteiger partial charge in [-0.1, -0.05) is 0 Å². The van der Waals surface area contributed by atoms with Crippen molar-refractivity contribution in [1.29, 1.82) is 0 Å². The van der Waals surface area contributed by atoms with E-state index in [0.29, 0.717) is 5.75 Å². The average molecular weight is 449 g/mol. The van der Waals surface area contributed by atoms with Gasteiger partial charge in [-0.2, -0.15) is 11.8 Å². The second-order valence-corrected chi connectivity index (χ2v) is 7.33. The minimum atomic E-state index is -1.67. The minimum absolute atomic E-state index is 0.125. The third-order valence-electron chi connectivity index (χ3n) is 3.75. The first-order chi connectivity index (χ1) is 13.9. The molecule has 0 saturated heterocycles. The van der Waals surface area contributed by atoms with Crippen molar-refractivity contribution < 1.29 is 39.0 Å². The number of carbonyl (C=O) groups is 6. The normalized spacial score (nSPS) is 14.5. The lowest BCUT2D eigenvalue weighted by atomic mass is 10.1. The Morgan fingerprint density at radius 3 is 1.93 bits per heavy atom. The lowest BCUT2D eigenvalue weighted by Crippen LogP contribution is -2.56. The maximum absolute atomic E-state index is 12.4. The summed E-state index contributed by atoms with van der Waals surface area (Å²) in [5, 5.41) is 24.6. The minimum Gasteiger partial charge on any atom is -0.481 e. The van der Waals surface area contributed by atoms with E-state index in [0.717, 1.165) is 0 Å². The van der Waals surface area contributed by atoms with Crippen molar-refractivity contribution in [3.05, 3.63) is 0 Å². The van der Waals surface area contributed by atoms with Crippen molar-refractivity contribution in [2.75, 3.05) is 12.0 Å². The Balaban J connectivity index is 5.08. The summed E-state index contributed by atoms with van der Waals surface area (Å²) in [6.07, 6.45) is 0.623. The van der Waals surface area contributed by atoms with Crippen LogP contribution in [0.3, 0.4) is 0 Å². The molecule has 0 aliphatic rings. The fourth-order valence-corrected chi connectivity index (χ4v) is 2.62. The SMILES string of the molecule is CSCCC(NC(=O)C(C)NC(=O)C(N)CC(N)=O)C(=O)NC(CC(=O)O)C(=O)O. The predicted molar refractivity (Wildman–Crippen MR) is 106 cm³/mol. The van der Waals surface area contributed by atoms with Gasteiger partial charge >= 0.3 is 11.9 Å². The van der Waals surface area contributed by atoms with Crippen LogP contribution >= 0.6 is 11.8 Å². The highest BCUT2D eigenvalue weighted by Gasteiger charge is 2.29. The summed E-state index contributed by atoms with van der Waals surface area (Å²) in [7, 11) is 0. The molecule has 0 heterocycles. The first-order valence-corrected chi connectivity index (χ1v) is 10.2. The molecular weight excluding hydrogens is 422 g/mol. The summed E-state index contributed by atoms with van der Waals surface area (Å²) < 4.78 is 0. The van der Waals surface area contributed by atoms with Gasteiger partial charge in [-0.3, -0.25) is 24.0 Å². The number of primary amides is 1. The Morgan fingerprint density at radius 2 is 1.47 bits per heavy atom. The van der Waals surface area contributed by atoms with E-state index in [2.05, 4.69) is 16.0 Å². The zero-order valence-electron chi connectivity index (χ0n) is 16.5. The highest BCUT2D eigenvalue weighted by Crippen LogP contribution is 2.04. The van der Waals surface area contributed by atoms with E-state index in [1.54, 1.807) is 6.26 Å². The van der Waals surface area contributed by atoms with Crippen LogP contribution in [0.5, 0.6) is 0 Å². The van der Waals surface area contributed by atoms with Crippen molar-refractivity contribution >= 4 is 47.3 Å². The van der Waals surface area contributed by atoms with Crippen molar-refractivity contribution in [1.82, 2.24) is 16.0 Å². The van der Waals surface area contributed by atoms with Crippen LogP contribution < -0.4 is 27.4 Å². The number of carbonyl (C=O) groups excluding carboxylic acids is 4. The molecule has 4 amide bonds. The molecule has 0 rings (SSSR count). The maximum atomic E-state index is 12.4. The van der Waals surface area contributed by atoms with Gasteiger partial charge in [0.15, 0.2) is 0 Å². The molecule has 4 atom stereocenters. The van der Waals surface area contributed by atoms with Gasteiger partial charge in [0.1, 0.15) is 18.1 Å². The van der Waals surface area contributed by atoms with E-state index in [1.165, 1.54) is 18.7 Å². The molecule has 0 fully saturated rings. The zero-order chi connectivity index (χ0) is 23.4. The summed E-state index contributed by atoms with van der Waals surface area (Å²) in [5.41, 5.74) is 10.4. The molecular formula is C16H27N5O8S. The molecule has 30 heavy (non-hydrogen) atoms. The van der Waals surface area contributed by atoms with Crippen molar-refractivity contribution in [2.45, 2.75) is 50.4 Å². The molecule has 0 saturated carbocycles. The van der Waals surface area contributed by atoms with Gasteiger partial charge in [0, 0.05) is 0 Å². The summed E-state index contributed by atoms with van der Waals surface area (Å²) in [4.78, 5) is 69.3. The van der Waals surface area contributed by atoms with Gasteiger partial charge in [-0.25, -0.2) is 4.79 Å². The van der Waals surface area contributed by atoms with Gasteiger partial charge in [-0.05, 0) is 25.4 Å². The predicted octanol–water partition coefficient (Wildman–Crippen LogP) is -3.02. The number of amides is 4. The molecule has 0 aromatic heterocycles. The number of carboxylic acids is 2. The topological polar surface area (TPSA) is 231 Å². The molecule has 14 heteroatoms. The first kappa shape index (κ1) is 27.1. The molecule has 0 radical (unpaired) electrons. The van der Waals surface area contributed by atoms with Crippen LogP contribution in [0.25, 0.3) is 0 Å².